The minimum atomic E-state index is -0.600. The summed E-state index contributed by atoms with van der Waals surface area (Å²) in [5, 5.41) is 11.1. The van der Waals surface area contributed by atoms with Gasteiger partial charge in [0.1, 0.15) is 0 Å². The number of carbonyl (C=O) groups excluding carboxylic acids is 3. The van der Waals surface area contributed by atoms with E-state index in [9.17, 15) is 24.5 Å². The quantitative estimate of drug-likeness (QED) is 0.479. The SMILES string of the molecule is Cc1ccc(N2C(=O)CC(N3CCC(C(N)=O)CC3)C2=O)cc1[N+](=O)[O-]. The van der Waals surface area contributed by atoms with Crippen LogP contribution in [0.2, 0.25) is 0 Å². The lowest BCUT2D eigenvalue weighted by Crippen LogP contribution is -2.47. The van der Waals surface area contributed by atoms with Gasteiger partial charge in [-0.1, -0.05) is 6.07 Å². The average Bonchev–Trinajstić information content (AvgIpc) is 2.90. The number of hydrogen-bond donors (Lipinski definition) is 1. The topological polar surface area (TPSA) is 127 Å². The number of nitro groups is 1. The number of piperidine rings is 1. The van der Waals surface area contributed by atoms with E-state index in [-0.39, 0.29) is 41.4 Å². The van der Waals surface area contributed by atoms with Gasteiger partial charge in [-0.2, -0.15) is 0 Å². The maximum atomic E-state index is 12.8. The Kier molecular flexibility index (Phi) is 4.73. The molecule has 2 saturated heterocycles. The average molecular weight is 360 g/mol. The maximum Gasteiger partial charge on any atom is 0.274 e. The second-order valence-electron chi connectivity index (χ2n) is 6.73. The molecule has 2 aliphatic rings. The van der Waals surface area contributed by atoms with Crippen LogP contribution < -0.4 is 10.6 Å². The van der Waals surface area contributed by atoms with E-state index < -0.39 is 11.0 Å². The summed E-state index contributed by atoms with van der Waals surface area (Å²) in [6.07, 6.45) is 1.15. The molecular weight excluding hydrogens is 340 g/mol. The number of carbonyl (C=O) groups is 3. The fourth-order valence-electron chi connectivity index (χ4n) is 3.60. The molecule has 0 spiro atoms. The van der Waals surface area contributed by atoms with Crippen LogP contribution in [0.15, 0.2) is 18.2 Å². The molecule has 0 aromatic heterocycles. The van der Waals surface area contributed by atoms with E-state index in [1.54, 1.807) is 13.0 Å². The van der Waals surface area contributed by atoms with E-state index >= 15 is 0 Å². The molecule has 9 heteroatoms. The number of aryl methyl sites for hydroxylation is 1. The molecule has 1 atom stereocenters. The molecule has 2 fully saturated rings. The highest BCUT2D eigenvalue weighted by Crippen LogP contribution is 2.31. The molecule has 1 unspecified atom stereocenters. The number of primary amides is 1. The molecule has 2 N–H and O–H groups in total. The van der Waals surface area contributed by atoms with Crippen molar-refractivity contribution in [2.24, 2.45) is 11.7 Å². The number of amides is 3. The first kappa shape index (κ1) is 18.0. The van der Waals surface area contributed by atoms with Gasteiger partial charge in [0.2, 0.25) is 11.8 Å². The molecule has 0 radical (unpaired) electrons. The minimum Gasteiger partial charge on any atom is -0.369 e. The van der Waals surface area contributed by atoms with Crippen LogP contribution in [0.4, 0.5) is 11.4 Å². The highest BCUT2D eigenvalue weighted by atomic mass is 16.6. The lowest BCUT2D eigenvalue weighted by atomic mass is 9.95. The van der Waals surface area contributed by atoms with Crippen molar-refractivity contribution in [3.8, 4) is 0 Å². The van der Waals surface area contributed by atoms with Crippen LogP contribution in [0.25, 0.3) is 0 Å². The minimum absolute atomic E-state index is 0.0295. The molecule has 0 aliphatic carbocycles. The van der Waals surface area contributed by atoms with Gasteiger partial charge in [0, 0.05) is 17.5 Å². The molecule has 1 aromatic carbocycles. The van der Waals surface area contributed by atoms with Crippen LogP contribution in [-0.2, 0) is 14.4 Å². The third-order valence-corrected chi connectivity index (χ3v) is 5.14. The molecule has 26 heavy (non-hydrogen) atoms. The van der Waals surface area contributed by atoms with Crippen molar-refractivity contribution in [2.45, 2.75) is 32.2 Å². The predicted molar refractivity (Wildman–Crippen MR) is 92.2 cm³/mol. The van der Waals surface area contributed by atoms with Crippen LogP contribution in [0.1, 0.15) is 24.8 Å². The van der Waals surface area contributed by atoms with E-state index in [0.29, 0.717) is 31.5 Å². The molecule has 0 bridgehead atoms. The Hall–Kier alpha value is -2.81. The van der Waals surface area contributed by atoms with E-state index in [1.165, 1.54) is 12.1 Å². The number of likely N-dealkylation sites (tertiary alicyclic amines) is 1. The number of nitro benzene ring substituents is 1. The van der Waals surface area contributed by atoms with Crippen molar-refractivity contribution in [1.29, 1.82) is 0 Å². The van der Waals surface area contributed by atoms with Crippen LogP contribution in [0.3, 0.4) is 0 Å². The van der Waals surface area contributed by atoms with E-state index in [4.69, 9.17) is 5.73 Å². The van der Waals surface area contributed by atoms with Crippen molar-refractivity contribution >= 4 is 29.1 Å². The van der Waals surface area contributed by atoms with Gasteiger partial charge in [0.05, 0.1) is 23.1 Å². The third kappa shape index (κ3) is 3.17. The molecule has 2 aliphatic heterocycles. The summed E-state index contributed by atoms with van der Waals surface area (Å²) in [4.78, 5) is 50.0. The zero-order valence-electron chi connectivity index (χ0n) is 14.4. The lowest BCUT2D eigenvalue weighted by molar-refractivity contribution is -0.385. The number of nitrogens with two attached hydrogens (primary N) is 1. The molecule has 1 aromatic rings. The van der Waals surface area contributed by atoms with E-state index in [0.717, 1.165) is 4.90 Å². The van der Waals surface area contributed by atoms with Crippen molar-refractivity contribution < 1.29 is 19.3 Å². The second kappa shape index (κ2) is 6.83. The highest BCUT2D eigenvalue weighted by Gasteiger charge is 2.44. The Labute approximate surface area is 149 Å². The summed E-state index contributed by atoms with van der Waals surface area (Å²) in [7, 11) is 0. The zero-order chi connectivity index (χ0) is 19.0. The summed E-state index contributed by atoms with van der Waals surface area (Å²) in [5.41, 5.74) is 5.87. The molecule has 3 amide bonds. The van der Waals surface area contributed by atoms with Gasteiger partial charge in [-0.05, 0) is 38.9 Å². The summed E-state index contributed by atoms with van der Waals surface area (Å²) >= 11 is 0. The van der Waals surface area contributed by atoms with Gasteiger partial charge >= 0.3 is 0 Å². The fraction of sp³-hybridized carbons (Fsp3) is 0.471. The van der Waals surface area contributed by atoms with Gasteiger partial charge < -0.3 is 5.73 Å². The largest absolute Gasteiger partial charge is 0.369 e. The summed E-state index contributed by atoms with van der Waals surface area (Å²) < 4.78 is 0. The maximum absolute atomic E-state index is 12.8. The fourth-order valence-corrected chi connectivity index (χ4v) is 3.60. The van der Waals surface area contributed by atoms with Crippen LogP contribution >= 0.6 is 0 Å². The molecule has 0 saturated carbocycles. The zero-order valence-corrected chi connectivity index (χ0v) is 14.4. The monoisotopic (exact) mass is 360 g/mol. The van der Waals surface area contributed by atoms with Crippen molar-refractivity contribution in [3.63, 3.8) is 0 Å². The Bertz CT molecular complexity index is 785. The third-order valence-electron chi connectivity index (χ3n) is 5.14. The smallest absolute Gasteiger partial charge is 0.274 e. The van der Waals surface area contributed by atoms with Gasteiger partial charge in [-0.15, -0.1) is 0 Å². The normalized spacial score (nSPS) is 22.0. The molecule has 138 valence electrons. The lowest BCUT2D eigenvalue weighted by Gasteiger charge is -2.33. The van der Waals surface area contributed by atoms with Crippen molar-refractivity contribution in [3.05, 3.63) is 33.9 Å². The van der Waals surface area contributed by atoms with Crippen molar-refractivity contribution in [2.75, 3.05) is 18.0 Å². The predicted octanol–water partition coefficient (Wildman–Crippen LogP) is 0.732. The summed E-state index contributed by atoms with van der Waals surface area (Å²) in [6, 6.07) is 3.73. The van der Waals surface area contributed by atoms with Gasteiger partial charge in [0.25, 0.3) is 11.6 Å². The standard InChI is InChI=1S/C17H20N4O5/c1-10-2-3-12(8-13(10)21(25)26)20-15(22)9-14(17(20)24)19-6-4-11(5-7-19)16(18)23/h2-3,8,11,14H,4-7,9H2,1H3,(H2,18,23). The molecule has 3 rings (SSSR count). The van der Waals surface area contributed by atoms with Crippen LogP contribution in [0.5, 0.6) is 0 Å². The Morgan fingerprint density at radius 1 is 1.27 bits per heavy atom. The van der Waals surface area contributed by atoms with Gasteiger partial charge in [-0.25, -0.2) is 4.90 Å². The number of benzene rings is 1. The second-order valence-corrected chi connectivity index (χ2v) is 6.73. The number of anilines is 1. The number of nitrogens with zero attached hydrogens (tertiary/aromatic N) is 3. The summed E-state index contributed by atoms with van der Waals surface area (Å²) in [5.74, 6) is -1.30. The molecule has 2 heterocycles. The van der Waals surface area contributed by atoms with E-state index in [2.05, 4.69) is 0 Å². The number of rotatable bonds is 4. The number of imide groups is 1. The molecule has 9 nitrogen and oxygen atoms in total. The van der Waals surface area contributed by atoms with Crippen LogP contribution in [-0.4, -0.2) is 46.7 Å². The Balaban J connectivity index is 1.79. The van der Waals surface area contributed by atoms with Gasteiger partial charge in [0.15, 0.2) is 0 Å². The van der Waals surface area contributed by atoms with E-state index in [1.807, 2.05) is 4.90 Å². The molecular formula is C17H20N4O5. The Morgan fingerprint density at radius 2 is 1.92 bits per heavy atom. The Morgan fingerprint density at radius 3 is 2.50 bits per heavy atom. The highest BCUT2D eigenvalue weighted by molar-refractivity contribution is 6.22. The first-order chi connectivity index (χ1) is 12.3. The first-order valence-corrected chi connectivity index (χ1v) is 8.44. The van der Waals surface area contributed by atoms with Crippen LogP contribution in [0, 0.1) is 23.0 Å². The number of hydrogen-bond acceptors (Lipinski definition) is 6. The van der Waals surface area contributed by atoms with Gasteiger partial charge in [-0.3, -0.25) is 29.4 Å². The first-order valence-electron chi connectivity index (χ1n) is 8.44. The van der Waals surface area contributed by atoms with Crippen molar-refractivity contribution in [1.82, 2.24) is 4.90 Å². The summed E-state index contributed by atoms with van der Waals surface area (Å²) in [6.45, 7) is 2.62.